The van der Waals surface area contributed by atoms with Gasteiger partial charge in [-0.25, -0.2) is 9.78 Å². The lowest BCUT2D eigenvalue weighted by Gasteiger charge is -2.10. The number of hydrogen-bond acceptors (Lipinski definition) is 4. The van der Waals surface area contributed by atoms with Crippen LogP contribution in [0.5, 0.6) is 5.75 Å². The van der Waals surface area contributed by atoms with E-state index in [-0.39, 0.29) is 29.0 Å². The average molecular weight is 236 g/mol. The Bertz CT molecular complexity index is 469. The molecule has 0 aliphatic heterocycles. The minimum atomic E-state index is -1.14. The Hall–Kier alpha value is -2.11. The van der Waals surface area contributed by atoms with E-state index in [1.807, 2.05) is 0 Å². The molecule has 0 unspecified atom stereocenters. The Morgan fingerprint density at radius 2 is 2.24 bits per heavy atom. The number of hydrogen-bond donors (Lipinski definition) is 2. The number of rotatable bonds is 4. The molecule has 0 atom stereocenters. The summed E-state index contributed by atoms with van der Waals surface area (Å²) < 4.78 is 5.51. The second-order valence-corrected chi connectivity index (χ2v) is 3.77. The Balaban J connectivity index is 2.35. The highest BCUT2D eigenvalue weighted by molar-refractivity contribution is 5.97. The van der Waals surface area contributed by atoms with Gasteiger partial charge in [-0.15, -0.1) is 0 Å². The highest BCUT2D eigenvalue weighted by Gasteiger charge is 2.26. The molecule has 1 fully saturated rings. The maximum Gasteiger partial charge on any atom is 0.354 e. The summed E-state index contributed by atoms with van der Waals surface area (Å²) in [6.07, 6.45) is 3.16. The van der Waals surface area contributed by atoms with E-state index < -0.39 is 5.97 Å². The molecule has 2 rings (SSSR count). The zero-order chi connectivity index (χ0) is 12.4. The lowest BCUT2D eigenvalue weighted by molar-refractivity contribution is 0.0689. The summed E-state index contributed by atoms with van der Waals surface area (Å²) in [5, 5.41) is 11.3. The minimum absolute atomic E-state index is 0.0856. The van der Waals surface area contributed by atoms with Crippen molar-refractivity contribution in [2.45, 2.75) is 18.9 Å². The summed E-state index contributed by atoms with van der Waals surface area (Å²) in [5.74, 6) is -1.21. The fraction of sp³-hybridized carbons (Fsp3) is 0.364. The largest absolute Gasteiger partial charge is 0.489 e. The number of carbonyl (C=O) groups is 2. The molecule has 0 aromatic carbocycles. The number of aromatic nitrogens is 1. The van der Waals surface area contributed by atoms with Crippen molar-refractivity contribution in [3.05, 3.63) is 23.5 Å². The zero-order valence-corrected chi connectivity index (χ0v) is 9.27. The van der Waals surface area contributed by atoms with Crippen LogP contribution in [0, 0.1) is 0 Å². The standard InChI is InChI=1S/C11H12N2O4/c1-12-10(14)7-5-13-8(11(15)16)4-9(7)17-6-2-3-6/h4-6H,2-3H2,1H3,(H,12,14)(H,15,16). The molecule has 17 heavy (non-hydrogen) atoms. The fourth-order valence-corrected chi connectivity index (χ4v) is 1.32. The predicted molar refractivity (Wildman–Crippen MR) is 58.2 cm³/mol. The van der Waals surface area contributed by atoms with E-state index >= 15 is 0 Å². The van der Waals surface area contributed by atoms with Crippen LogP contribution in [0.3, 0.4) is 0 Å². The van der Waals surface area contributed by atoms with E-state index in [9.17, 15) is 9.59 Å². The molecule has 6 heteroatoms. The van der Waals surface area contributed by atoms with E-state index in [0.29, 0.717) is 0 Å². The number of carboxylic acid groups (broad SMARTS) is 1. The topological polar surface area (TPSA) is 88.5 Å². The molecule has 1 heterocycles. The second kappa shape index (κ2) is 4.40. The van der Waals surface area contributed by atoms with Gasteiger partial charge in [-0.3, -0.25) is 4.79 Å². The normalized spacial score (nSPS) is 14.2. The molecular formula is C11H12N2O4. The van der Waals surface area contributed by atoms with Gasteiger partial charge in [-0.2, -0.15) is 0 Å². The monoisotopic (exact) mass is 236 g/mol. The van der Waals surface area contributed by atoms with Crippen molar-refractivity contribution in [3.63, 3.8) is 0 Å². The molecule has 0 saturated heterocycles. The summed E-state index contributed by atoms with van der Waals surface area (Å²) in [7, 11) is 1.49. The van der Waals surface area contributed by atoms with Gasteiger partial charge >= 0.3 is 5.97 Å². The van der Waals surface area contributed by atoms with Gasteiger partial charge < -0.3 is 15.2 Å². The van der Waals surface area contributed by atoms with E-state index in [0.717, 1.165) is 12.8 Å². The number of carboxylic acids is 1. The van der Waals surface area contributed by atoms with E-state index in [4.69, 9.17) is 9.84 Å². The molecule has 1 saturated carbocycles. The Morgan fingerprint density at radius 3 is 2.76 bits per heavy atom. The van der Waals surface area contributed by atoms with Gasteiger partial charge in [0.1, 0.15) is 5.75 Å². The molecule has 2 N–H and O–H groups in total. The molecule has 1 aromatic rings. The van der Waals surface area contributed by atoms with Gasteiger partial charge in [0.15, 0.2) is 5.69 Å². The van der Waals surface area contributed by atoms with Crippen LogP contribution in [-0.2, 0) is 0 Å². The first-order valence-corrected chi connectivity index (χ1v) is 5.24. The van der Waals surface area contributed by atoms with Crippen LogP contribution < -0.4 is 10.1 Å². The van der Waals surface area contributed by atoms with Gasteiger partial charge in [0.2, 0.25) is 0 Å². The average Bonchev–Trinajstić information content (AvgIpc) is 3.11. The number of ether oxygens (including phenoxy) is 1. The summed E-state index contributed by atoms with van der Waals surface area (Å²) in [6.45, 7) is 0. The number of aromatic carboxylic acids is 1. The number of nitrogens with zero attached hydrogens (tertiary/aromatic N) is 1. The first kappa shape index (κ1) is 11.4. The molecule has 1 aromatic heterocycles. The van der Waals surface area contributed by atoms with Gasteiger partial charge in [-0.05, 0) is 12.8 Å². The number of amides is 1. The highest BCUT2D eigenvalue weighted by atomic mass is 16.5. The van der Waals surface area contributed by atoms with Crippen molar-refractivity contribution < 1.29 is 19.4 Å². The van der Waals surface area contributed by atoms with Gasteiger partial charge in [0.05, 0.1) is 11.7 Å². The molecule has 0 spiro atoms. The lowest BCUT2D eigenvalue weighted by Crippen LogP contribution is -2.20. The van der Waals surface area contributed by atoms with Gasteiger partial charge in [0.25, 0.3) is 5.91 Å². The predicted octanol–water partition coefficient (Wildman–Crippen LogP) is 0.681. The summed E-state index contributed by atoms with van der Waals surface area (Å²) >= 11 is 0. The second-order valence-electron chi connectivity index (χ2n) is 3.77. The van der Waals surface area contributed by atoms with Crippen molar-refractivity contribution >= 4 is 11.9 Å². The van der Waals surface area contributed by atoms with Crippen LogP contribution in [0.25, 0.3) is 0 Å². The quantitative estimate of drug-likeness (QED) is 0.802. The molecule has 0 radical (unpaired) electrons. The molecule has 0 bridgehead atoms. The Labute approximate surface area is 97.6 Å². The summed E-state index contributed by atoms with van der Waals surface area (Å²) in [6, 6.07) is 1.28. The SMILES string of the molecule is CNC(=O)c1cnc(C(=O)O)cc1OC1CC1. The van der Waals surface area contributed by atoms with Crippen LogP contribution in [0.4, 0.5) is 0 Å². The zero-order valence-electron chi connectivity index (χ0n) is 9.27. The third-order valence-electron chi connectivity index (χ3n) is 2.37. The minimum Gasteiger partial charge on any atom is -0.489 e. The number of carbonyl (C=O) groups excluding carboxylic acids is 1. The first-order chi connectivity index (χ1) is 8.11. The maximum atomic E-state index is 11.5. The smallest absolute Gasteiger partial charge is 0.354 e. The molecular weight excluding hydrogens is 224 g/mol. The van der Waals surface area contributed by atoms with Crippen LogP contribution in [-0.4, -0.2) is 35.1 Å². The molecule has 90 valence electrons. The van der Waals surface area contributed by atoms with Crippen molar-refractivity contribution in [1.29, 1.82) is 0 Å². The lowest BCUT2D eigenvalue weighted by atomic mass is 10.2. The van der Waals surface area contributed by atoms with Crippen LogP contribution in [0.1, 0.15) is 33.7 Å². The summed E-state index contributed by atoms with van der Waals surface area (Å²) in [4.78, 5) is 26.0. The molecule has 1 amide bonds. The van der Waals surface area contributed by atoms with E-state index in [1.165, 1.54) is 19.3 Å². The third kappa shape index (κ3) is 2.52. The number of pyridine rings is 1. The van der Waals surface area contributed by atoms with Crippen LogP contribution >= 0.6 is 0 Å². The van der Waals surface area contributed by atoms with E-state index in [1.54, 1.807) is 0 Å². The van der Waals surface area contributed by atoms with Crippen molar-refractivity contribution in [2.24, 2.45) is 0 Å². The third-order valence-corrected chi connectivity index (χ3v) is 2.37. The summed E-state index contributed by atoms with van der Waals surface area (Å²) in [5.41, 5.74) is 0.123. The molecule has 1 aliphatic carbocycles. The Kier molecular flexibility index (Phi) is 2.95. The van der Waals surface area contributed by atoms with Crippen molar-refractivity contribution in [3.8, 4) is 5.75 Å². The van der Waals surface area contributed by atoms with Crippen molar-refractivity contribution in [1.82, 2.24) is 10.3 Å². The van der Waals surface area contributed by atoms with Crippen LogP contribution in [0.15, 0.2) is 12.3 Å². The Morgan fingerprint density at radius 1 is 1.53 bits per heavy atom. The highest BCUT2D eigenvalue weighted by Crippen LogP contribution is 2.29. The van der Waals surface area contributed by atoms with Gasteiger partial charge in [0, 0.05) is 19.3 Å². The van der Waals surface area contributed by atoms with Crippen molar-refractivity contribution in [2.75, 3.05) is 7.05 Å². The fourth-order valence-electron chi connectivity index (χ4n) is 1.32. The van der Waals surface area contributed by atoms with Gasteiger partial charge in [-0.1, -0.05) is 0 Å². The van der Waals surface area contributed by atoms with E-state index in [2.05, 4.69) is 10.3 Å². The number of nitrogens with one attached hydrogen (secondary N) is 1. The molecule has 1 aliphatic rings. The maximum absolute atomic E-state index is 11.5. The molecule has 6 nitrogen and oxygen atoms in total. The first-order valence-electron chi connectivity index (χ1n) is 5.24. The van der Waals surface area contributed by atoms with Crippen LogP contribution in [0.2, 0.25) is 0 Å².